The molecule has 0 fully saturated rings. The molecule has 0 aliphatic rings. The van der Waals surface area contributed by atoms with Gasteiger partial charge in [-0.15, -0.1) is 0 Å². The first-order chi connectivity index (χ1) is 9.17. The van der Waals surface area contributed by atoms with Crippen LogP contribution in [0.1, 0.15) is 5.56 Å². The van der Waals surface area contributed by atoms with E-state index in [1.165, 1.54) is 0 Å². The van der Waals surface area contributed by atoms with Gasteiger partial charge < -0.3 is 15.8 Å². The van der Waals surface area contributed by atoms with Crippen molar-refractivity contribution in [2.45, 2.75) is 6.42 Å². The third kappa shape index (κ3) is 3.96. The number of rotatable bonds is 5. The summed E-state index contributed by atoms with van der Waals surface area (Å²) in [5.41, 5.74) is 6.63. The van der Waals surface area contributed by atoms with Gasteiger partial charge in [0.2, 0.25) is 17.2 Å². The number of methoxy groups -OCH3 is 1. The Morgan fingerprint density at radius 2 is 2.16 bits per heavy atom. The molecule has 0 aliphatic carbocycles. The molecule has 0 aliphatic heterocycles. The fourth-order valence-electron chi connectivity index (χ4n) is 1.59. The van der Waals surface area contributed by atoms with Gasteiger partial charge in [-0.2, -0.15) is 15.0 Å². The summed E-state index contributed by atoms with van der Waals surface area (Å²) in [5, 5.41) is 3.12. The van der Waals surface area contributed by atoms with Crippen molar-refractivity contribution in [1.82, 2.24) is 15.0 Å². The predicted molar refractivity (Wildman–Crippen MR) is 74.4 cm³/mol. The van der Waals surface area contributed by atoms with Crippen LogP contribution in [0.25, 0.3) is 0 Å². The maximum Gasteiger partial charge on any atom is 0.228 e. The Balaban J connectivity index is 1.92. The van der Waals surface area contributed by atoms with E-state index in [4.69, 9.17) is 22.1 Å². The molecule has 0 saturated carbocycles. The highest BCUT2D eigenvalue weighted by atomic mass is 35.5. The molecular weight excluding hydrogens is 266 g/mol. The van der Waals surface area contributed by atoms with Crippen LogP contribution in [-0.2, 0) is 6.42 Å². The van der Waals surface area contributed by atoms with E-state index in [2.05, 4.69) is 20.3 Å². The van der Waals surface area contributed by atoms with E-state index in [0.717, 1.165) is 17.7 Å². The molecule has 0 radical (unpaired) electrons. The minimum Gasteiger partial charge on any atom is -0.497 e. The van der Waals surface area contributed by atoms with Crippen LogP contribution in [0, 0.1) is 0 Å². The normalized spacial score (nSPS) is 10.2. The molecule has 1 aromatic carbocycles. The molecule has 0 amide bonds. The van der Waals surface area contributed by atoms with E-state index in [9.17, 15) is 0 Å². The van der Waals surface area contributed by atoms with Crippen molar-refractivity contribution in [2.75, 3.05) is 24.7 Å². The number of anilines is 2. The molecule has 0 saturated heterocycles. The molecule has 3 N–H and O–H groups in total. The highest BCUT2D eigenvalue weighted by Crippen LogP contribution is 2.13. The Hall–Kier alpha value is -2.08. The number of halogens is 1. The quantitative estimate of drug-likeness (QED) is 0.867. The smallest absolute Gasteiger partial charge is 0.228 e. The number of nitrogens with one attached hydrogen (secondary N) is 1. The number of benzene rings is 1. The van der Waals surface area contributed by atoms with Crippen LogP contribution in [0.4, 0.5) is 11.9 Å². The number of nitrogens with zero attached hydrogens (tertiary/aromatic N) is 3. The first kappa shape index (κ1) is 13.4. The largest absolute Gasteiger partial charge is 0.497 e. The molecular formula is C12H14ClN5O. The molecule has 6 nitrogen and oxygen atoms in total. The maximum absolute atomic E-state index is 5.69. The molecule has 0 unspecified atom stereocenters. The Morgan fingerprint density at radius 1 is 1.32 bits per heavy atom. The fourth-order valence-corrected chi connectivity index (χ4v) is 1.76. The van der Waals surface area contributed by atoms with Gasteiger partial charge in [-0.25, -0.2) is 0 Å². The zero-order valence-electron chi connectivity index (χ0n) is 10.4. The summed E-state index contributed by atoms with van der Waals surface area (Å²) in [7, 11) is 1.65. The van der Waals surface area contributed by atoms with Gasteiger partial charge in [0, 0.05) is 6.54 Å². The van der Waals surface area contributed by atoms with Crippen LogP contribution in [0.2, 0.25) is 5.28 Å². The lowest BCUT2D eigenvalue weighted by Gasteiger charge is -2.06. The molecule has 0 spiro atoms. The lowest BCUT2D eigenvalue weighted by Crippen LogP contribution is -2.10. The van der Waals surface area contributed by atoms with Gasteiger partial charge in [-0.05, 0) is 35.7 Å². The highest BCUT2D eigenvalue weighted by molar-refractivity contribution is 6.28. The topological polar surface area (TPSA) is 86.0 Å². The van der Waals surface area contributed by atoms with Crippen molar-refractivity contribution in [2.24, 2.45) is 0 Å². The monoisotopic (exact) mass is 279 g/mol. The molecule has 0 bridgehead atoms. The molecule has 19 heavy (non-hydrogen) atoms. The fraction of sp³-hybridized carbons (Fsp3) is 0.250. The van der Waals surface area contributed by atoms with Crippen molar-refractivity contribution in [1.29, 1.82) is 0 Å². The lowest BCUT2D eigenvalue weighted by molar-refractivity contribution is 0.414. The Morgan fingerprint density at radius 3 is 2.89 bits per heavy atom. The van der Waals surface area contributed by atoms with Crippen molar-refractivity contribution in [3.63, 3.8) is 0 Å². The summed E-state index contributed by atoms with van der Waals surface area (Å²) >= 11 is 5.69. The van der Waals surface area contributed by atoms with E-state index in [1.807, 2.05) is 24.3 Å². The van der Waals surface area contributed by atoms with E-state index in [0.29, 0.717) is 12.5 Å². The standard InChI is InChI=1S/C12H14ClN5O/c1-19-9-4-2-3-8(7-9)5-6-15-12-17-10(13)16-11(14)18-12/h2-4,7H,5-6H2,1H3,(H3,14,15,16,17,18). The Kier molecular flexibility index (Phi) is 4.35. The molecule has 2 rings (SSSR count). The van der Waals surface area contributed by atoms with Gasteiger partial charge in [-0.3, -0.25) is 0 Å². The summed E-state index contributed by atoms with van der Waals surface area (Å²) in [6, 6.07) is 7.87. The van der Waals surface area contributed by atoms with E-state index < -0.39 is 0 Å². The highest BCUT2D eigenvalue weighted by Gasteiger charge is 2.02. The van der Waals surface area contributed by atoms with Crippen LogP contribution in [0.5, 0.6) is 5.75 Å². The third-order valence-corrected chi connectivity index (χ3v) is 2.63. The average Bonchev–Trinajstić information content (AvgIpc) is 2.38. The molecule has 2 aromatic rings. The third-order valence-electron chi connectivity index (χ3n) is 2.46. The van der Waals surface area contributed by atoms with Crippen molar-refractivity contribution >= 4 is 23.5 Å². The van der Waals surface area contributed by atoms with E-state index in [-0.39, 0.29) is 11.2 Å². The summed E-state index contributed by atoms with van der Waals surface area (Å²) < 4.78 is 5.16. The number of nitrogen functional groups attached to an aromatic ring is 1. The Bertz CT molecular complexity index is 543. The summed E-state index contributed by atoms with van der Waals surface area (Å²) in [6.45, 7) is 0.660. The first-order valence-electron chi connectivity index (χ1n) is 5.71. The minimum atomic E-state index is 0.0800. The Labute approximate surface area is 116 Å². The second kappa shape index (κ2) is 6.19. The van der Waals surface area contributed by atoms with E-state index >= 15 is 0 Å². The van der Waals surface area contributed by atoms with Crippen molar-refractivity contribution < 1.29 is 4.74 Å². The number of ether oxygens (including phenoxy) is 1. The molecule has 0 atom stereocenters. The van der Waals surface area contributed by atoms with Gasteiger partial charge in [0.15, 0.2) is 0 Å². The van der Waals surface area contributed by atoms with Gasteiger partial charge >= 0.3 is 0 Å². The van der Waals surface area contributed by atoms with Crippen LogP contribution in [0.3, 0.4) is 0 Å². The number of hydrogen-bond donors (Lipinski definition) is 2. The first-order valence-corrected chi connectivity index (χ1v) is 6.09. The molecule has 7 heteroatoms. The van der Waals surface area contributed by atoms with E-state index in [1.54, 1.807) is 7.11 Å². The molecule has 100 valence electrons. The van der Waals surface area contributed by atoms with Gasteiger partial charge in [0.1, 0.15) is 5.75 Å². The molecule has 1 heterocycles. The van der Waals surface area contributed by atoms with Crippen LogP contribution < -0.4 is 15.8 Å². The summed E-state index contributed by atoms with van der Waals surface area (Å²) in [4.78, 5) is 11.5. The summed E-state index contributed by atoms with van der Waals surface area (Å²) in [5.74, 6) is 1.31. The zero-order valence-corrected chi connectivity index (χ0v) is 11.2. The van der Waals surface area contributed by atoms with Crippen molar-refractivity contribution in [3.8, 4) is 5.75 Å². The maximum atomic E-state index is 5.69. The summed E-state index contributed by atoms with van der Waals surface area (Å²) in [6.07, 6.45) is 0.806. The zero-order chi connectivity index (χ0) is 13.7. The van der Waals surface area contributed by atoms with Crippen LogP contribution >= 0.6 is 11.6 Å². The molecule has 1 aromatic heterocycles. The number of aromatic nitrogens is 3. The van der Waals surface area contributed by atoms with Gasteiger partial charge in [-0.1, -0.05) is 12.1 Å². The number of hydrogen-bond acceptors (Lipinski definition) is 6. The van der Waals surface area contributed by atoms with Gasteiger partial charge in [0.25, 0.3) is 0 Å². The second-order valence-electron chi connectivity index (χ2n) is 3.81. The average molecular weight is 280 g/mol. The van der Waals surface area contributed by atoms with Crippen molar-refractivity contribution in [3.05, 3.63) is 35.1 Å². The second-order valence-corrected chi connectivity index (χ2v) is 4.15. The SMILES string of the molecule is COc1cccc(CCNc2nc(N)nc(Cl)n2)c1. The minimum absolute atomic E-state index is 0.0800. The van der Waals surface area contributed by atoms with Crippen LogP contribution in [-0.4, -0.2) is 28.6 Å². The lowest BCUT2D eigenvalue weighted by atomic mass is 10.1. The van der Waals surface area contributed by atoms with Crippen LogP contribution in [0.15, 0.2) is 24.3 Å². The predicted octanol–water partition coefficient (Wildman–Crippen LogP) is 1.77. The number of nitrogens with two attached hydrogens (primary N) is 1. The van der Waals surface area contributed by atoms with Gasteiger partial charge in [0.05, 0.1) is 7.11 Å².